The summed E-state index contributed by atoms with van der Waals surface area (Å²) >= 11 is 2.38. The number of nitrogens with zero attached hydrogens (tertiary/aromatic N) is 3. The molecule has 7 rings (SSSR count). The Labute approximate surface area is 308 Å². The average molecular weight is 730 g/mol. The minimum atomic E-state index is -1.02. The first kappa shape index (κ1) is 34.7. The topological polar surface area (TPSA) is 102 Å². The maximum Gasteiger partial charge on any atom is 0.301 e. The molecule has 0 aliphatic carbocycles. The summed E-state index contributed by atoms with van der Waals surface area (Å²) in [6.45, 7) is 2.75. The Balaban J connectivity index is 1.18. The predicted molar refractivity (Wildman–Crippen MR) is 200 cm³/mol. The standard InChI is InChI=1S/C41H32FN3O5S2/c1-26-9-5-6-12-30(26)24-50-33-21-17-29(18-22-33)37(46)35-36(28-15-19-32(20-16-28)49-23-27-10-3-2-4-11-27)45(39(48)38(35)47)40-43-44-41(52-40)51-25-31-13-7-8-14-34(31)42/h2-22,36,46H,23-25H2,1H3/b37-35+. The smallest absolute Gasteiger partial charge is 0.301 e. The lowest BCUT2D eigenvalue weighted by Gasteiger charge is -2.22. The highest BCUT2D eigenvalue weighted by atomic mass is 32.2. The number of benzene rings is 5. The second-order valence-electron chi connectivity index (χ2n) is 12.0. The minimum absolute atomic E-state index is 0.0905. The maximum absolute atomic E-state index is 14.3. The van der Waals surface area contributed by atoms with Gasteiger partial charge >= 0.3 is 5.91 Å². The number of carbonyl (C=O) groups excluding carboxylic acids is 2. The molecule has 1 atom stereocenters. The molecule has 2 heterocycles. The Kier molecular flexibility index (Phi) is 10.4. The number of halogens is 1. The highest BCUT2D eigenvalue weighted by Gasteiger charge is 2.48. The quantitative estimate of drug-likeness (QED) is 0.0438. The molecule has 0 radical (unpaired) electrons. The Morgan fingerprint density at radius 2 is 1.42 bits per heavy atom. The van der Waals surface area contributed by atoms with Crippen LogP contribution >= 0.6 is 23.1 Å². The number of aromatic nitrogens is 2. The lowest BCUT2D eigenvalue weighted by molar-refractivity contribution is -0.132. The first-order valence-corrected chi connectivity index (χ1v) is 18.2. The van der Waals surface area contributed by atoms with Gasteiger partial charge in [0, 0.05) is 11.3 Å². The summed E-state index contributed by atoms with van der Waals surface area (Å²) in [6.07, 6.45) is 0. The van der Waals surface area contributed by atoms with Crippen LogP contribution in [-0.4, -0.2) is 27.0 Å². The van der Waals surface area contributed by atoms with Gasteiger partial charge in [0.05, 0.1) is 11.6 Å². The normalized spacial score (nSPS) is 15.2. The van der Waals surface area contributed by atoms with E-state index in [0.29, 0.717) is 51.5 Å². The summed E-state index contributed by atoms with van der Waals surface area (Å²) in [5, 5.41) is 20.4. The molecule has 1 saturated heterocycles. The van der Waals surface area contributed by atoms with Gasteiger partial charge in [0.2, 0.25) is 5.13 Å². The SMILES string of the molecule is Cc1ccccc1COc1ccc(/C(O)=C2\C(=O)C(=O)N(c3nnc(SCc4ccccc4F)s3)C2c2ccc(OCc3ccccc3)cc2)cc1. The van der Waals surface area contributed by atoms with Crippen molar-refractivity contribution >= 4 is 45.7 Å². The number of amides is 1. The molecule has 0 saturated carbocycles. The molecule has 1 fully saturated rings. The number of aliphatic hydroxyl groups is 1. The van der Waals surface area contributed by atoms with Gasteiger partial charge in [-0.05, 0) is 77.2 Å². The number of Topliss-reactive ketones (excluding diaryl/α,β-unsaturated/α-hetero) is 1. The van der Waals surface area contributed by atoms with Crippen molar-refractivity contribution in [3.8, 4) is 11.5 Å². The van der Waals surface area contributed by atoms with Crippen LogP contribution < -0.4 is 14.4 Å². The van der Waals surface area contributed by atoms with E-state index in [1.807, 2.05) is 61.5 Å². The molecule has 52 heavy (non-hydrogen) atoms. The maximum atomic E-state index is 14.3. The van der Waals surface area contributed by atoms with E-state index in [1.165, 1.54) is 22.7 Å². The fourth-order valence-electron chi connectivity index (χ4n) is 5.74. The molecule has 1 N–H and O–H groups in total. The van der Waals surface area contributed by atoms with Crippen LogP contribution in [0.2, 0.25) is 0 Å². The molecule has 0 spiro atoms. The van der Waals surface area contributed by atoms with E-state index in [2.05, 4.69) is 10.2 Å². The zero-order valence-electron chi connectivity index (χ0n) is 27.9. The summed E-state index contributed by atoms with van der Waals surface area (Å²) in [5.41, 5.74) is 4.49. The second-order valence-corrected chi connectivity index (χ2v) is 14.2. The fourth-order valence-corrected chi connectivity index (χ4v) is 7.60. The molecule has 11 heteroatoms. The van der Waals surface area contributed by atoms with Crippen LogP contribution in [0.3, 0.4) is 0 Å². The Bertz CT molecular complexity index is 2240. The van der Waals surface area contributed by atoms with Gasteiger partial charge in [0.15, 0.2) is 4.34 Å². The van der Waals surface area contributed by atoms with Crippen molar-refractivity contribution in [3.05, 3.63) is 172 Å². The zero-order chi connectivity index (χ0) is 36.0. The van der Waals surface area contributed by atoms with Crippen LogP contribution in [0, 0.1) is 12.7 Å². The summed E-state index contributed by atoms with van der Waals surface area (Å²) < 4.78 is 26.7. The van der Waals surface area contributed by atoms with Crippen LogP contribution in [0.4, 0.5) is 9.52 Å². The molecule has 1 amide bonds. The Morgan fingerprint density at radius 3 is 2.13 bits per heavy atom. The van der Waals surface area contributed by atoms with Crippen LogP contribution in [-0.2, 0) is 28.6 Å². The summed E-state index contributed by atoms with van der Waals surface area (Å²) in [5.74, 6) is -0.894. The third-order valence-corrected chi connectivity index (χ3v) is 10.7. The summed E-state index contributed by atoms with van der Waals surface area (Å²) in [7, 11) is 0. The third-order valence-electron chi connectivity index (χ3n) is 8.58. The van der Waals surface area contributed by atoms with Gasteiger partial charge in [-0.3, -0.25) is 14.5 Å². The van der Waals surface area contributed by atoms with Crippen molar-refractivity contribution in [1.82, 2.24) is 10.2 Å². The van der Waals surface area contributed by atoms with Gasteiger partial charge in [-0.25, -0.2) is 4.39 Å². The molecule has 1 unspecified atom stereocenters. The molecule has 5 aromatic carbocycles. The van der Waals surface area contributed by atoms with Crippen molar-refractivity contribution in [3.63, 3.8) is 0 Å². The van der Waals surface area contributed by atoms with Gasteiger partial charge in [-0.2, -0.15) is 0 Å². The first-order valence-electron chi connectivity index (χ1n) is 16.4. The third kappa shape index (κ3) is 7.60. The number of aliphatic hydroxyl groups excluding tert-OH is 1. The lowest BCUT2D eigenvalue weighted by Crippen LogP contribution is -2.29. The van der Waals surface area contributed by atoms with Gasteiger partial charge < -0.3 is 14.6 Å². The Morgan fingerprint density at radius 1 is 0.788 bits per heavy atom. The number of thioether (sulfide) groups is 1. The first-order chi connectivity index (χ1) is 25.4. The Hall–Kier alpha value is -5.78. The highest BCUT2D eigenvalue weighted by Crippen LogP contribution is 2.44. The summed E-state index contributed by atoms with van der Waals surface area (Å²) in [6, 6.07) is 36.9. The number of ether oxygens (including phenoxy) is 2. The van der Waals surface area contributed by atoms with Gasteiger partial charge in [0.1, 0.15) is 36.3 Å². The van der Waals surface area contributed by atoms with Crippen LogP contribution in [0.15, 0.2) is 137 Å². The molecular formula is C41H32FN3O5S2. The van der Waals surface area contributed by atoms with Gasteiger partial charge in [-0.15, -0.1) is 10.2 Å². The van der Waals surface area contributed by atoms with E-state index in [1.54, 1.807) is 66.7 Å². The van der Waals surface area contributed by atoms with E-state index in [-0.39, 0.29) is 22.3 Å². The van der Waals surface area contributed by atoms with E-state index >= 15 is 0 Å². The molecule has 1 aliphatic heterocycles. The number of anilines is 1. The van der Waals surface area contributed by atoms with Gasteiger partial charge in [-0.1, -0.05) is 108 Å². The molecule has 6 aromatic rings. The molecule has 1 aliphatic rings. The number of carbonyl (C=O) groups is 2. The monoisotopic (exact) mass is 729 g/mol. The number of hydrogen-bond acceptors (Lipinski definition) is 9. The molecule has 8 nitrogen and oxygen atoms in total. The van der Waals surface area contributed by atoms with Crippen LogP contribution in [0.5, 0.6) is 11.5 Å². The van der Waals surface area contributed by atoms with Crippen molar-refractivity contribution in [2.75, 3.05) is 4.90 Å². The van der Waals surface area contributed by atoms with E-state index < -0.39 is 17.7 Å². The van der Waals surface area contributed by atoms with Crippen molar-refractivity contribution in [2.45, 2.75) is 36.3 Å². The van der Waals surface area contributed by atoms with Crippen molar-refractivity contribution in [1.29, 1.82) is 0 Å². The lowest BCUT2D eigenvalue weighted by atomic mass is 9.95. The molecular weight excluding hydrogens is 698 g/mol. The fraction of sp³-hybridized carbons (Fsp3) is 0.122. The molecule has 1 aromatic heterocycles. The largest absolute Gasteiger partial charge is 0.507 e. The van der Waals surface area contributed by atoms with Crippen molar-refractivity contribution < 1.29 is 28.6 Å². The van der Waals surface area contributed by atoms with Crippen LogP contribution in [0.1, 0.15) is 39.4 Å². The molecule has 0 bridgehead atoms. The van der Waals surface area contributed by atoms with Crippen LogP contribution in [0.25, 0.3) is 5.76 Å². The number of aryl methyl sites for hydroxylation is 1. The predicted octanol–water partition coefficient (Wildman–Crippen LogP) is 9.06. The number of hydrogen-bond donors (Lipinski definition) is 1. The van der Waals surface area contributed by atoms with E-state index in [0.717, 1.165) is 28.0 Å². The highest BCUT2D eigenvalue weighted by molar-refractivity contribution is 8.00. The second kappa shape index (κ2) is 15.6. The minimum Gasteiger partial charge on any atom is -0.507 e. The number of ketones is 1. The van der Waals surface area contributed by atoms with Crippen molar-refractivity contribution in [2.24, 2.45) is 0 Å². The number of rotatable bonds is 12. The summed E-state index contributed by atoms with van der Waals surface area (Å²) in [4.78, 5) is 28.8. The van der Waals surface area contributed by atoms with E-state index in [4.69, 9.17) is 9.47 Å². The van der Waals surface area contributed by atoms with Gasteiger partial charge in [0.25, 0.3) is 5.78 Å². The van der Waals surface area contributed by atoms with E-state index in [9.17, 15) is 19.1 Å². The molecule has 260 valence electrons. The zero-order valence-corrected chi connectivity index (χ0v) is 29.6. The average Bonchev–Trinajstić information content (AvgIpc) is 3.75.